The van der Waals surface area contributed by atoms with Crippen molar-refractivity contribution in [3.05, 3.63) is 60.1 Å². The lowest BCUT2D eigenvalue weighted by atomic mass is 10.1. The summed E-state index contributed by atoms with van der Waals surface area (Å²) in [6.07, 6.45) is 1.64. The molecule has 0 spiro atoms. The number of benzene rings is 1. The van der Waals surface area contributed by atoms with E-state index in [2.05, 4.69) is 0 Å². The van der Waals surface area contributed by atoms with E-state index in [1.807, 2.05) is 42.5 Å². The Hall–Kier alpha value is -1.54. The maximum atomic E-state index is 5.97. The summed E-state index contributed by atoms with van der Waals surface area (Å²) in [4.78, 5) is 0. The fourth-order valence-corrected chi connectivity index (χ4v) is 1.29. The third-order valence-electron chi connectivity index (χ3n) is 2.01. The van der Waals surface area contributed by atoms with Gasteiger partial charge in [-0.25, -0.2) is 0 Å². The molecule has 2 aromatic rings. The van der Waals surface area contributed by atoms with Crippen molar-refractivity contribution in [3.8, 4) is 0 Å². The first-order valence-electron chi connectivity index (χ1n) is 4.22. The molecule has 0 fully saturated rings. The normalized spacial score (nSPS) is 12.7. The van der Waals surface area contributed by atoms with E-state index in [4.69, 9.17) is 10.2 Å². The monoisotopic (exact) mass is 173 g/mol. The van der Waals surface area contributed by atoms with Crippen LogP contribution in [0.15, 0.2) is 53.1 Å². The van der Waals surface area contributed by atoms with Gasteiger partial charge in [0, 0.05) is 0 Å². The van der Waals surface area contributed by atoms with E-state index in [9.17, 15) is 0 Å². The maximum absolute atomic E-state index is 5.97. The van der Waals surface area contributed by atoms with E-state index in [-0.39, 0.29) is 6.04 Å². The third kappa shape index (κ3) is 1.63. The fourth-order valence-electron chi connectivity index (χ4n) is 1.29. The Morgan fingerprint density at radius 1 is 1.00 bits per heavy atom. The first-order valence-corrected chi connectivity index (χ1v) is 4.22. The van der Waals surface area contributed by atoms with Gasteiger partial charge >= 0.3 is 0 Å². The summed E-state index contributed by atoms with van der Waals surface area (Å²) in [6.45, 7) is 0. The van der Waals surface area contributed by atoms with Gasteiger partial charge in [0.05, 0.1) is 12.3 Å². The summed E-state index contributed by atoms with van der Waals surface area (Å²) in [7, 11) is 0. The molecule has 0 saturated heterocycles. The van der Waals surface area contributed by atoms with Crippen molar-refractivity contribution in [2.24, 2.45) is 5.73 Å². The van der Waals surface area contributed by atoms with Crippen LogP contribution in [0.25, 0.3) is 0 Å². The van der Waals surface area contributed by atoms with Crippen molar-refractivity contribution in [1.82, 2.24) is 0 Å². The van der Waals surface area contributed by atoms with Crippen LogP contribution in [0.1, 0.15) is 17.4 Å². The van der Waals surface area contributed by atoms with Crippen LogP contribution in [0.4, 0.5) is 0 Å². The molecule has 2 rings (SSSR count). The highest BCUT2D eigenvalue weighted by Gasteiger charge is 2.09. The number of rotatable bonds is 2. The molecule has 1 heterocycles. The quantitative estimate of drug-likeness (QED) is 0.757. The fraction of sp³-hybridized carbons (Fsp3) is 0.0909. The minimum atomic E-state index is -0.156. The Morgan fingerprint density at radius 3 is 2.38 bits per heavy atom. The van der Waals surface area contributed by atoms with E-state index in [0.717, 1.165) is 11.3 Å². The highest BCUT2D eigenvalue weighted by atomic mass is 16.3. The minimum Gasteiger partial charge on any atom is -0.467 e. The molecule has 0 saturated carbocycles. The van der Waals surface area contributed by atoms with Gasteiger partial charge in [0.25, 0.3) is 0 Å². The largest absolute Gasteiger partial charge is 0.467 e. The standard InChI is InChI=1S/C11H11NO/c12-11(10-7-4-8-13-10)9-5-2-1-3-6-9/h1-8,11H,12H2/t11-/m1/s1. The van der Waals surface area contributed by atoms with Crippen LogP contribution in [-0.2, 0) is 0 Å². The Kier molecular flexibility index (Phi) is 2.15. The van der Waals surface area contributed by atoms with Gasteiger partial charge in [-0.3, -0.25) is 0 Å². The predicted molar refractivity (Wildman–Crippen MR) is 51.2 cm³/mol. The molecule has 0 amide bonds. The second-order valence-corrected chi connectivity index (χ2v) is 2.90. The Balaban J connectivity index is 2.29. The number of hydrogen-bond donors (Lipinski definition) is 1. The SMILES string of the molecule is N[C@H](c1ccccc1)c1ccco1. The molecule has 1 aromatic heterocycles. The van der Waals surface area contributed by atoms with Crippen LogP contribution >= 0.6 is 0 Å². The van der Waals surface area contributed by atoms with Gasteiger partial charge in [0.1, 0.15) is 5.76 Å². The van der Waals surface area contributed by atoms with Crippen LogP contribution < -0.4 is 5.73 Å². The van der Waals surface area contributed by atoms with Gasteiger partial charge in [0.2, 0.25) is 0 Å². The molecule has 2 nitrogen and oxygen atoms in total. The van der Waals surface area contributed by atoms with Crippen LogP contribution in [0, 0.1) is 0 Å². The van der Waals surface area contributed by atoms with Crippen LogP contribution in [0.5, 0.6) is 0 Å². The lowest BCUT2D eigenvalue weighted by Gasteiger charge is -2.07. The molecule has 1 atom stereocenters. The molecule has 0 aliphatic heterocycles. The van der Waals surface area contributed by atoms with Crippen molar-refractivity contribution in [2.75, 3.05) is 0 Å². The lowest BCUT2D eigenvalue weighted by molar-refractivity contribution is 0.490. The highest BCUT2D eigenvalue weighted by Crippen LogP contribution is 2.18. The average molecular weight is 173 g/mol. The molecule has 0 unspecified atom stereocenters. The number of hydrogen-bond acceptors (Lipinski definition) is 2. The summed E-state index contributed by atoms with van der Waals surface area (Å²) in [5.74, 6) is 0.797. The third-order valence-corrected chi connectivity index (χ3v) is 2.01. The minimum absolute atomic E-state index is 0.156. The molecule has 0 aliphatic carbocycles. The number of nitrogens with two attached hydrogens (primary N) is 1. The zero-order valence-electron chi connectivity index (χ0n) is 7.18. The molecular formula is C11H11NO. The molecule has 1 aromatic carbocycles. The average Bonchev–Trinajstić information content (AvgIpc) is 2.71. The van der Waals surface area contributed by atoms with E-state index >= 15 is 0 Å². The Morgan fingerprint density at radius 2 is 1.77 bits per heavy atom. The zero-order chi connectivity index (χ0) is 9.10. The Bertz CT molecular complexity index is 353. The summed E-state index contributed by atoms with van der Waals surface area (Å²) in [6, 6.07) is 13.5. The summed E-state index contributed by atoms with van der Waals surface area (Å²) in [5.41, 5.74) is 7.03. The molecular weight excluding hydrogens is 162 g/mol. The zero-order valence-corrected chi connectivity index (χ0v) is 7.18. The van der Waals surface area contributed by atoms with Gasteiger partial charge < -0.3 is 10.2 Å². The van der Waals surface area contributed by atoms with Crippen molar-refractivity contribution >= 4 is 0 Å². The second kappa shape index (κ2) is 3.46. The molecule has 66 valence electrons. The molecule has 0 bridgehead atoms. The summed E-state index contributed by atoms with van der Waals surface area (Å²) >= 11 is 0. The van der Waals surface area contributed by atoms with Gasteiger partial charge in [0.15, 0.2) is 0 Å². The molecule has 0 aliphatic rings. The number of furan rings is 1. The smallest absolute Gasteiger partial charge is 0.124 e. The predicted octanol–water partition coefficient (Wildman–Crippen LogP) is 2.33. The molecule has 2 N–H and O–H groups in total. The van der Waals surface area contributed by atoms with Crippen molar-refractivity contribution in [1.29, 1.82) is 0 Å². The van der Waals surface area contributed by atoms with E-state index in [1.54, 1.807) is 6.26 Å². The molecule has 2 heteroatoms. The van der Waals surface area contributed by atoms with Gasteiger partial charge in [-0.1, -0.05) is 30.3 Å². The molecule has 0 radical (unpaired) electrons. The van der Waals surface area contributed by atoms with E-state index in [1.165, 1.54) is 0 Å². The first-order chi connectivity index (χ1) is 6.38. The topological polar surface area (TPSA) is 39.2 Å². The van der Waals surface area contributed by atoms with Crippen molar-refractivity contribution < 1.29 is 4.42 Å². The summed E-state index contributed by atoms with van der Waals surface area (Å²) in [5, 5.41) is 0. The lowest BCUT2D eigenvalue weighted by Crippen LogP contribution is -2.10. The summed E-state index contributed by atoms with van der Waals surface area (Å²) < 4.78 is 5.22. The van der Waals surface area contributed by atoms with Crippen LogP contribution in [0.2, 0.25) is 0 Å². The van der Waals surface area contributed by atoms with Crippen LogP contribution in [0.3, 0.4) is 0 Å². The van der Waals surface area contributed by atoms with Crippen molar-refractivity contribution in [3.63, 3.8) is 0 Å². The second-order valence-electron chi connectivity index (χ2n) is 2.90. The maximum Gasteiger partial charge on any atom is 0.124 e. The van der Waals surface area contributed by atoms with Crippen molar-refractivity contribution in [2.45, 2.75) is 6.04 Å². The van der Waals surface area contributed by atoms with E-state index in [0.29, 0.717) is 0 Å². The Labute approximate surface area is 77.0 Å². The molecule has 13 heavy (non-hydrogen) atoms. The van der Waals surface area contributed by atoms with Gasteiger partial charge in [-0.05, 0) is 17.7 Å². The van der Waals surface area contributed by atoms with E-state index < -0.39 is 0 Å². The van der Waals surface area contributed by atoms with Crippen LogP contribution in [-0.4, -0.2) is 0 Å². The first kappa shape index (κ1) is 8.08. The van der Waals surface area contributed by atoms with Gasteiger partial charge in [-0.15, -0.1) is 0 Å². The van der Waals surface area contributed by atoms with Gasteiger partial charge in [-0.2, -0.15) is 0 Å². The highest BCUT2D eigenvalue weighted by molar-refractivity contribution is 5.25.